The Labute approximate surface area is 114 Å². The molecule has 3 nitrogen and oxygen atoms in total. The molecule has 5 heteroatoms. The number of hydrogen-bond acceptors (Lipinski definition) is 2. The third-order valence-electron chi connectivity index (χ3n) is 2.30. The van der Waals surface area contributed by atoms with E-state index in [0.29, 0.717) is 0 Å². The van der Waals surface area contributed by atoms with E-state index in [1.54, 1.807) is 0 Å². The highest BCUT2D eigenvalue weighted by atomic mass is 127. The van der Waals surface area contributed by atoms with Gasteiger partial charge in [0.05, 0.1) is 6.54 Å². The van der Waals surface area contributed by atoms with E-state index in [1.165, 1.54) is 25.9 Å². The molecule has 1 saturated heterocycles. The molecule has 0 atom stereocenters. The van der Waals surface area contributed by atoms with Gasteiger partial charge >= 0.3 is 0 Å². The quantitative estimate of drug-likeness (QED) is 0.366. The first-order valence-electron chi connectivity index (χ1n) is 5.40. The van der Waals surface area contributed by atoms with Gasteiger partial charge in [0.2, 0.25) is 0 Å². The molecule has 0 bridgehead atoms. The van der Waals surface area contributed by atoms with Gasteiger partial charge in [0.15, 0.2) is 5.96 Å². The van der Waals surface area contributed by atoms with E-state index in [4.69, 9.17) is 0 Å². The number of likely N-dealkylation sites (tertiary alicyclic amines) is 1. The molecule has 0 aromatic carbocycles. The van der Waals surface area contributed by atoms with Crippen LogP contribution in [0.5, 0.6) is 0 Å². The minimum Gasteiger partial charge on any atom is -0.357 e. The maximum absolute atomic E-state index is 4.60. The van der Waals surface area contributed by atoms with E-state index < -0.39 is 0 Å². The SMILES string of the molecule is CCNC(=NCCSC)N1CCCC1.I. The molecule has 0 amide bonds. The van der Waals surface area contributed by atoms with E-state index in [2.05, 4.69) is 28.4 Å². The van der Waals surface area contributed by atoms with Gasteiger partial charge in [0.25, 0.3) is 0 Å². The predicted molar refractivity (Wildman–Crippen MR) is 80.6 cm³/mol. The van der Waals surface area contributed by atoms with Gasteiger partial charge in [-0.15, -0.1) is 24.0 Å². The summed E-state index contributed by atoms with van der Waals surface area (Å²) in [7, 11) is 0. The number of nitrogens with zero attached hydrogens (tertiary/aromatic N) is 2. The molecule has 0 spiro atoms. The Hall–Kier alpha value is 0.350. The second kappa shape index (κ2) is 9.57. The van der Waals surface area contributed by atoms with Crippen molar-refractivity contribution in [1.82, 2.24) is 10.2 Å². The standard InChI is InChI=1S/C10H21N3S.HI/c1-3-11-10(12-6-9-14-2)13-7-4-5-8-13;/h3-9H2,1-2H3,(H,11,12);1H. The molecule has 15 heavy (non-hydrogen) atoms. The van der Waals surface area contributed by atoms with Gasteiger partial charge in [-0.05, 0) is 26.0 Å². The predicted octanol–water partition coefficient (Wildman–Crippen LogP) is 2.03. The van der Waals surface area contributed by atoms with Crippen molar-refractivity contribution in [2.75, 3.05) is 38.2 Å². The zero-order valence-electron chi connectivity index (χ0n) is 9.66. The maximum Gasteiger partial charge on any atom is 0.193 e. The van der Waals surface area contributed by atoms with Gasteiger partial charge in [-0.3, -0.25) is 4.99 Å². The second-order valence-corrected chi connectivity index (χ2v) is 4.41. The van der Waals surface area contributed by atoms with Crippen LogP contribution in [0.25, 0.3) is 0 Å². The van der Waals surface area contributed by atoms with Gasteiger partial charge in [-0.1, -0.05) is 0 Å². The van der Waals surface area contributed by atoms with Crippen molar-refractivity contribution >= 4 is 41.7 Å². The van der Waals surface area contributed by atoms with Crippen LogP contribution in [0, 0.1) is 0 Å². The summed E-state index contributed by atoms with van der Waals surface area (Å²) in [5.74, 6) is 2.22. The Morgan fingerprint density at radius 2 is 2.07 bits per heavy atom. The highest BCUT2D eigenvalue weighted by Gasteiger charge is 2.14. The van der Waals surface area contributed by atoms with Crippen molar-refractivity contribution in [3.05, 3.63) is 0 Å². The molecule has 0 aromatic rings. The van der Waals surface area contributed by atoms with E-state index in [0.717, 1.165) is 24.8 Å². The van der Waals surface area contributed by atoms with Crippen molar-refractivity contribution in [3.63, 3.8) is 0 Å². The molecule has 0 radical (unpaired) electrons. The second-order valence-electron chi connectivity index (χ2n) is 3.42. The van der Waals surface area contributed by atoms with Gasteiger partial charge in [0.1, 0.15) is 0 Å². The summed E-state index contributed by atoms with van der Waals surface area (Å²) in [4.78, 5) is 6.96. The van der Waals surface area contributed by atoms with Crippen LogP contribution in [0.15, 0.2) is 4.99 Å². The molecule has 1 aliphatic rings. The lowest BCUT2D eigenvalue weighted by Crippen LogP contribution is -2.39. The lowest BCUT2D eigenvalue weighted by atomic mass is 10.4. The first-order chi connectivity index (χ1) is 6.88. The molecule has 1 heterocycles. The number of halogens is 1. The van der Waals surface area contributed by atoms with Crippen molar-refractivity contribution < 1.29 is 0 Å². The molecule has 0 saturated carbocycles. The van der Waals surface area contributed by atoms with Crippen LogP contribution in [0.1, 0.15) is 19.8 Å². The maximum atomic E-state index is 4.60. The van der Waals surface area contributed by atoms with Crippen molar-refractivity contribution in [1.29, 1.82) is 0 Å². The summed E-state index contributed by atoms with van der Waals surface area (Å²) in [5.41, 5.74) is 0. The van der Waals surface area contributed by atoms with Gasteiger partial charge in [-0.2, -0.15) is 11.8 Å². The monoisotopic (exact) mass is 343 g/mol. The average molecular weight is 343 g/mol. The van der Waals surface area contributed by atoms with Crippen LogP contribution >= 0.6 is 35.7 Å². The van der Waals surface area contributed by atoms with Crippen LogP contribution in [-0.4, -0.2) is 49.0 Å². The van der Waals surface area contributed by atoms with E-state index in [1.807, 2.05) is 11.8 Å². The minimum atomic E-state index is 0. The molecule has 1 N–H and O–H groups in total. The molecule has 1 aliphatic heterocycles. The number of aliphatic imine (C=N–C) groups is 1. The van der Waals surface area contributed by atoms with Crippen molar-refractivity contribution in [3.8, 4) is 0 Å². The molecular weight excluding hydrogens is 321 g/mol. The number of guanidine groups is 1. The van der Waals surface area contributed by atoms with Crippen LogP contribution in [0.3, 0.4) is 0 Å². The molecular formula is C10H22IN3S. The smallest absolute Gasteiger partial charge is 0.193 e. The lowest BCUT2D eigenvalue weighted by molar-refractivity contribution is 0.494. The Balaban J connectivity index is 0.00000196. The topological polar surface area (TPSA) is 27.6 Å². The number of rotatable bonds is 4. The fourth-order valence-corrected chi connectivity index (χ4v) is 1.87. The average Bonchev–Trinajstić information content (AvgIpc) is 2.70. The molecule has 90 valence electrons. The lowest BCUT2D eigenvalue weighted by Gasteiger charge is -2.20. The number of thioether (sulfide) groups is 1. The van der Waals surface area contributed by atoms with Crippen molar-refractivity contribution in [2.45, 2.75) is 19.8 Å². The van der Waals surface area contributed by atoms with Gasteiger partial charge in [-0.25, -0.2) is 0 Å². The van der Waals surface area contributed by atoms with Gasteiger partial charge in [0, 0.05) is 25.4 Å². The Morgan fingerprint density at radius 1 is 1.40 bits per heavy atom. The normalized spacial score (nSPS) is 16.4. The first-order valence-corrected chi connectivity index (χ1v) is 6.80. The summed E-state index contributed by atoms with van der Waals surface area (Å²) in [6.45, 7) is 6.37. The molecule has 0 aliphatic carbocycles. The van der Waals surface area contributed by atoms with Crippen molar-refractivity contribution in [2.24, 2.45) is 4.99 Å². The fraction of sp³-hybridized carbons (Fsp3) is 0.900. The zero-order valence-corrected chi connectivity index (χ0v) is 12.8. The fourth-order valence-electron chi connectivity index (χ4n) is 1.60. The van der Waals surface area contributed by atoms with Gasteiger partial charge < -0.3 is 10.2 Å². The van der Waals surface area contributed by atoms with E-state index >= 15 is 0 Å². The van der Waals surface area contributed by atoms with Crippen LogP contribution < -0.4 is 5.32 Å². The first kappa shape index (κ1) is 15.3. The molecule has 0 aromatic heterocycles. The molecule has 1 fully saturated rings. The Kier molecular flexibility index (Phi) is 9.79. The molecule has 1 rings (SSSR count). The van der Waals surface area contributed by atoms with Crippen LogP contribution in [-0.2, 0) is 0 Å². The Bertz CT molecular complexity index is 182. The third kappa shape index (κ3) is 5.85. The highest BCUT2D eigenvalue weighted by molar-refractivity contribution is 14.0. The van der Waals surface area contributed by atoms with Crippen LogP contribution in [0.4, 0.5) is 0 Å². The van der Waals surface area contributed by atoms with Crippen LogP contribution in [0.2, 0.25) is 0 Å². The Morgan fingerprint density at radius 3 is 2.60 bits per heavy atom. The highest BCUT2D eigenvalue weighted by Crippen LogP contribution is 2.07. The number of nitrogens with one attached hydrogen (secondary N) is 1. The summed E-state index contributed by atoms with van der Waals surface area (Å²) in [6, 6.07) is 0. The molecule has 0 unspecified atom stereocenters. The minimum absolute atomic E-state index is 0. The summed E-state index contributed by atoms with van der Waals surface area (Å²) in [6.07, 6.45) is 4.75. The number of hydrogen-bond donors (Lipinski definition) is 1. The zero-order chi connectivity index (χ0) is 10.2. The largest absolute Gasteiger partial charge is 0.357 e. The summed E-state index contributed by atoms with van der Waals surface area (Å²) >= 11 is 1.85. The summed E-state index contributed by atoms with van der Waals surface area (Å²) in [5, 5.41) is 3.35. The van der Waals surface area contributed by atoms with E-state index in [9.17, 15) is 0 Å². The third-order valence-corrected chi connectivity index (χ3v) is 2.89. The van der Waals surface area contributed by atoms with E-state index in [-0.39, 0.29) is 24.0 Å². The summed E-state index contributed by atoms with van der Waals surface area (Å²) < 4.78 is 0.